The van der Waals surface area contributed by atoms with Crippen LogP contribution >= 0.6 is 0 Å². The maximum Gasteiger partial charge on any atom is 0.306 e. The summed E-state index contributed by atoms with van der Waals surface area (Å²) in [7, 11) is 0. The molecule has 0 saturated heterocycles. The summed E-state index contributed by atoms with van der Waals surface area (Å²) in [6, 6.07) is 7.65. The predicted octanol–water partition coefficient (Wildman–Crippen LogP) is 3.74. The van der Waals surface area contributed by atoms with Crippen LogP contribution in [0.3, 0.4) is 0 Å². The van der Waals surface area contributed by atoms with Gasteiger partial charge in [0.2, 0.25) is 0 Å². The van der Waals surface area contributed by atoms with Crippen LogP contribution in [0.5, 0.6) is 0 Å². The van der Waals surface area contributed by atoms with Gasteiger partial charge in [-0.15, -0.1) is 0 Å². The molecule has 0 aliphatic rings. The zero-order valence-electron chi connectivity index (χ0n) is 12.3. The first-order chi connectivity index (χ1) is 8.88. The highest BCUT2D eigenvalue weighted by molar-refractivity contribution is 5.70. The summed E-state index contributed by atoms with van der Waals surface area (Å²) >= 11 is 0. The molecular weight excluding hydrogens is 238 g/mol. The monoisotopic (exact) mass is 263 g/mol. The Balaban J connectivity index is 2.45. The van der Waals surface area contributed by atoms with Crippen molar-refractivity contribution in [2.75, 3.05) is 5.73 Å². The quantitative estimate of drug-likeness (QED) is 0.628. The zero-order valence-corrected chi connectivity index (χ0v) is 12.3. The average Bonchev–Trinajstić information content (AvgIpc) is 2.27. The van der Waals surface area contributed by atoms with Crippen LogP contribution in [0.1, 0.15) is 52.0 Å². The highest BCUT2D eigenvalue weighted by Gasteiger charge is 2.15. The molecule has 0 fully saturated rings. The van der Waals surface area contributed by atoms with Gasteiger partial charge in [0.1, 0.15) is 0 Å². The van der Waals surface area contributed by atoms with E-state index in [9.17, 15) is 4.79 Å². The predicted molar refractivity (Wildman–Crippen MR) is 78.9 cm³/mol. The van der Waals surface area contributed by atoms with Gasteiger partial charge in [0, 0.05) is 5.69 Å². The summed E-state index contributed by atoms with van der Waals surface area (Å²) in [4.78, 5) is 11.8. The Kier molecular flexibility index (Phi) is 5.87. The normalized spacial score (nSPS) is 14.2. The first-order valence-corrected chi connectivity index (χ1v) is 6.93. The van der Waals surface area contributed by atoms with E-state index in [1.54, 1.807) is 0 Å². The van der Waals surface area contributed by atoms with E-state index in [0.29, 0.717) is 12.3 Å². The molecular formula is C16H25NO2. The van der Waals surface area contributed by atoms with Gasteiger partial charge in [0.25, 0.3) is 0 Å². The van der Waals surface area contributed by atoms with Crippen LogP contribution in [0.25, 0.3) is 0 Å². The lowest BCUT2D eigenvalue weighted by atomic mass is 9.97. The molecule has 0 bridgehead atoms. The molecule has 19 heavy (non-hydrogen) atoms. The molecule has 3 heteroatoms. The zero-order chi connectivity index (χ0) is 14.4. The maximum atomic E-state index is 11.8. The van der Waals surface area contributed by atoms with E-state index in [0.717, 1.165) is 17.7 Å². The van der Waals surface area contributed by atoms with Gasteiger partial charge in [-0.3, -0.25) is 4.79 Å². The molecule has 2 unspecified atom stereocenters. The third kappa shape index (κ3) is 5.77. The summed E-state index contributed by atoms with van der Waals surface area (Å²) in [5.41, 5.74) is 7.50. The van der Waals surface area contributed by atoms with Crippen LogP contribution in [0.4, 0.5) is 5.69 Å². The fourth-order valence-corrected chi connectivity index (χ4v) is 2.18. The second kappa shape index (κ2) is 7.17. The number of nitrogens with two attached hydrogens (primary N) is 1. The standard InChI is InChI=1S/C16H25NO2/c1-11(2)9-13(4)19-16(18)10-12(3)14-5-7-15(17)8-6-14/h5-8,11-13H,9-10,17H2,1-4H3. The average molecular weight is 263 g/mol. The summed E-state index contributed by atoms with van der Waals surface area (Å²) in [6.07, 6.45) is 1.31. The molecule has 3 nitrogen and oxygen atoms in total. The third-order valence-corrected chi connectivity index (χ3v) is 3.11. The van der Waals surface area contributed by atoms with Crippen molar-refractivity contribution in [3.05, 3.63) is 29.8 Å². The van der Waals surface area contributed by atoms with E-state index in [4.69, 9.17) is 10.5 Å². The molecule has 1 aromatic carbocycles. The van der Waals surface area contributed by atoms with E-state index in [2.05, 4.69) is 13.8 Å². The molecule has 106 valence electrons. The van der Waals surface area contributed by atoms with Crippen molar-refractivity contribution in [2.24, 2.45) is 5.92 Å². The number of carbonyl (C=O) groups is 1. The molecule has 1 aromatic rings. The molecule has 0 spiro atoms. The first-order valence-electron chi connectivity index (χ1n) is 6.93. The summed E-state index contributed by atoms with van der Waals surface area (Å²) in [5.74, 6) is 0.564. The van der Waals surface area contributed by atoms with Crippen molar-refractivity contribution < 1.29 is 9.53 Å². The lowest BCUT2D eigenvalue weighted by molar-refractivity contribution is -0.149. The van der Waals surface area contributed by atoms with Gasteiger partial charge in [0.15, 0.2) is 0 Å². The number of esters is 1. The van der Waals surface area contributed by atoms with Crippen LogP contribution < -0.4 is 5.73 Å². The molecule has 0 saturated carbocycles. The Hall–Kier alpha value is -1.51. The topological polar surface area (TPSA) is 52.3 Å². The molecule has 2 atom stereocenters. The summed E-state index contributed by atoms with van der Waals surface area (Å²) < 4.78 is 5.41. The van der Waals surface area contributed by atoms with Crippen molar-refractivity contribution in [3.63, 3.8) is 0 Å². The van der Waals surface area contributed by atoms with Crippen LogP contribution in [-0.4, -0.2) is 12.1 Å². The SMILES string of the molecule is CC(C)CC(C)OC(=O)CC(C)c1ccc(N)cc1. The number of anilines is 1. The highest BCUT2D eigenvalue weighted by Crippen LogP contribution is 2.21. The lowest BCUT2D eigenvalue weighted by Gasteiger charge is -2.17. The number of rotatable bonds is 6. The van der Waals surface area contributed by atoms with Crippen LogP contribution in [0, 0.1) is 5.92 Å². The third-order valence-electron chi connectivity index (χ3n) is 3.11. The molecule has 1 rings (SSSR count). The largest absolute Gasteiger partial charge is 0.463 e. The highest BCUT2D eigenvalue weighted by atomic mass is 16.5. The Morgan fingerprint density at radius 2 is 1.74 bits per heavy atom. The number of nitrogen functional groups attached to an aromatic ring is 1. The Labute approximate surface area is 116 Å². The number of carbonyl (C=O) groups excluding carboxylic acids is 1. The van der Waals surface area contributed by atoms with Crippen molar-refractivity contribution in [1.82, 2.24) is 0 Å². The van der Waals surface area contributed by atoms with Crippen molar-refractivity contribution in [2.45, 2.75) is 52.6 Å². The number of ether oxygens (including phenoxy) is 1. The van der Waals surface area contributed by atoms with Crippen LogP contribution in [0.2, 0.25) is 0 Å². The van der Waals surface area contributed by atoms with Crippen molar-refractivity contribution in [3.8, 4) is 0 Å². The van der Waals surface area contributed by atoms with Gasteiger partial charge in [-0.05, 0) is 42.9 Å². The summed E-state index contributed by atoms with van der Waals surface area (Å²) in [6.45, 7) is 8.23. The second-order valence-corrected chi connectivity index (χ2v) is 5.70. The van der Waals surface area contributed by atoms with E-state index in [1.165, 1.54) is 0 Å². The molecule has 2 N–H and O–H groups in total. The van der Waals surface area contributed by atoms with Gasteiger partial charge in [-0.25, -0.2) is 0 Å². The van der Waals surface area contributed by atoms with E-state index in [-0.39, 0.29) is 18.0 Å². The molecule has 0 radical (unpaired) electrons. The maximum absolute atomic E-state index is 11.8. The number of hydrogen-bond donors (Lipinski definition) is 1. The molecule has 0 aliphatic heterocycles. The Morgan fingerprint density at radius 1 is 1.16 bits per heavy atom. The number of benzene rings is 1. The second-order valence-electron chi connectivity index (χ2n) is 5.70. The number of hydrogen-bond acceptors (Lipinski definition) is 3. The lowest BCUT2D eigenvalue weighted by Crippen LogP contribution is -2.18. The van der Waals surface area contributed by atoms with Crippen molar-refractivity contribution in [1.29, 1.82) is 0 Å². The Morgan fingerprint density at radius 3 is 2.26 bits per heavy atom. The minimum absolute atomic E-state index is 0.00822. The van der Waals surface area contributed by atoms with Gasteiger partial charge < -0.3 is 10.5 Å². The van der Waals surface area contributed by atoms with Crippen LogP contribution in [-0.2, 0) is 9.53 Å². The Bertz CT molecular complexity index is 398. The molecule has 0 aromatic heterocycles. The van der Waals surface area contributed by atoms with Crippen molar-refractivity contribution >= 4 is 11.7 Å². The molecule has 0 aliphatic carbocycles. The van der Waals surface area contributed by atoms with Gasteiger partial charge in [-0.1, -0.05) is 32.9 Å². The van der Waals surface area contributed by atoms with E-state index in [1.807, 2.05) is 38.1 Å². The first kappa shape index (κ1) is 15.5. The van der Waals surface area contributed by atoms with E-state index >= 15 is 0 Å². The fourth-order valence-electron chi connectivity index (χ4n) is 2.18. The van der Waals surface area contributed by atoms with E-state index < -0.39 is 0 Å². The minimum atomic E-state index is -0.127. The minimum Gasteiger partial charge on any atom is -0.463 e. The van der Waals surface area contributed by atoms with Gasteiger partial charge >= 0.3 is 5.97 Å². The smallest absolute Gasteiger partial charge is 0.306 e. The fraction of sp³-hybridized carbons (Fsp3) is 0.562. The molecule has 0 heterocycles. The molecule has 0 amide bonds. The van der Waals surface area contributed by atoms with Crippen LogP contribution in [0.15, 0.2) is 24.3 Å². The summed E-state index contributed by atoms with van der Waals surface area (Å²) in [5, 5.41) is 0. The van der Waals surface area contributed by atoms with Gasteiger partial charge in [-0.2, -0.15) is 0 Å². The van der Waals surface area contributed by atoms with Gasteiger partial charge in [0.05, 0.1) is 12.5 Å².